The zero-order chi connectivity index (χ0) is 30.1. The first-order valence-electron chi connectivity index (χ1n) is 13.3. The maximum absolute atomic E-state index is 13.6. The lowest BCUT2D eigenvalue weighted by molar-refractivity contribution is -0.107. The normalized spacial score (nSPS) is 11.5. The molecular weight excluding hydrogens is 538 g/mol. The molecule has 8 nitrogen and oxygen atoms in total. The Morgan fingerprint density at radius 1 is 1.02 bits per heavy atom. The van der Waals surface area contributed by atoms with E-state index < -0.39 is 17.5 Å². The zero-order valence-electron chi connectivity index (χ0n) is 23.0. The molecule has 1 amide bonds. The lowest BCUT2D eigenvalue weighted by Crippen LogP contribution is -2.29. The van der Waals surface area contributed by atoms with Crippen molar-refractivity contribution in [2.75, 3.05) is 7.05 Å². The number of aldehydes is 1. The summed E-state index contributed by atoms with van der Waals surface area (Å²) in [5.41, 5.74) is 14.1. The number of nitrogen functional groups attached to an aromatic ring is 1. The number of carbonyl (C=O) groups excluding carboxylic acids is 2. The maximum atomic E-state index is 13.6. The van der Waals surface area contributed by atoms with Gasteiger partial charge in [-0.15, -0.1) is 0 Å². The molecule has 10 heteroatoms. The molecular formula is C32H32F2N6O2. The highest BCUT2D eigenvalue weighted by atomic mass is 19.1. The van der Waals surface area contributed by atoms with Gasteiger partial charge in [-0.1, -0.05) is 24.3 Å². The van der Waals surface area contributed by atoms with Crippen LogP contribution in [0.25, 0.3) is 22.0 Å². The Morgan fingerprint density at radius 2 is 1.81 bits per heavy atom. The van der Waals surface area contributed by atoms with Crippen LogP contribution in [0.3, 0.4) is 0 Å². The number of H-pyrrole nitrogens is 1. The SMILES string of the molecule is CNC(Cc1cc(F)cc(F)c1)c1ncccc1-c1cccc(C(=O)NN)c1.NCc1ccc2[nH]cc(CC=O)c2c1. The van der Waals surface area contributed by atoms with Crippen molar-refractivity contribution >= 4 is 23.1 Å². The minimum atomic E-state index is -0.619. The number of pyridine rings is 1. The molecule has 0 bridgehead atoms. The maximum Gasteiger partial charge on any atom is 0.265 e. The number of benzene rings is 3. The second kappa shape index (κ2) is 14.2. The molecule has 0 aliphatic heterocycles. The van der Waals surface area contributed by atoms with E-state index in [1.54, 1.807) is 37.5 Å². The van der Waals surface area contributed by atoms with Gasteiger partial charge >= 0.3 is 0 Å². The third-order valence-corrected chi connectivity index (χ3v) is 6.82. The van der Waals surface area contributed by atoms with Crippen LogP contribution in [0, 0.1) is 11.6 Å². The van der Waals surface area contributed by atoms with E-state index in [0.717, 1.165) is 45.5 Å². The smallest absolute Gasteiger partial charge is 0.265 e. The lowest BCUT2D eigenvalue weighted by Gasteiger charge is -2.19. The van der Waals surface area contributed by atoms with Gasteiger partial charge in [-0.3, -0.25) is 15.2 Å². The third kappa shape index (κ3) is 7.29. The molecule has 1 atom stereocenters. The fourth-order valence-electron chi connectivity index (χ4n) is 4.76. The van der Waals surface area contributed by atoms with Crippen molar-refractivity contribution in [1.82, 2.24) is 20.7 Å². The number of likely N-dealkylation sites (N-methyl/N-ethyl adjacent to an activating group) is 1. The number of rotatable bonds is 9. The second-order valence-electron chi connectivity index (χ2n) is 9.58. The van der Waals surface area contributed by atoms with E-state index in [-0.39, 0.29) is 6.04 Å². The van der Waals surface area contributed by atoms with Gasteiger partial charge < -0.3 is 20.8 Å². The summed E-state index contributed by atoms with van der Waals surface area (Å²) in [4.78, 5) is 29.9. The van der Waals surface area contributed by atoms with Crippen LogP contribution in [0.15, 0.2) is 85.2 Å². The van der Waals surface area contributed by atoms with E-state index in [2.05, 4.69) is 20.7 Å². The predicted octanol–water partition coefficient (Wildman–Crippen LogP) is 4.50. The van der Waals surface area contributed by atoms with Crippen molar-refractivity contribution in [3.8, 4) is 11.1 Å². The molecule has 7 N–H and O–H groups in total. The molecule has 42 heavy (non-hydrogen) atoms. The summed E-state index contributed by atoms with van der Waals surface area (Å²) >= 11 is 0. The van der Waals surface area contributed by atoms with Crippen molar-refractivity contribution in [2.45, 2.75) is 25.4 Å². The molecule has 0 aliphatic carbocycles. The average Bonchev–Trinajstić information content (AvgIpc) is 3.41. The number of hydrogen-bond donors (Lipinski definition) is 5. The average molecular weight is 571 g/mol. The minimum Gasteiger partial charge on any atom is -0.361 e. The second-order valence-corrected chi connectivity index (χ2v) is 9.58. The molecule has 1 unspecified atom stereocenters. The highest BCUT2D eigenvalue weighted by Gasteiger charge is 2.18. The Hall–Kier alpha value is -4.77. The molecule has 0 saturated carbocycles. The number of aromatic nitrogens is 2. The quantitative estimate of drug-likeness (QED) is 0.0766. The van der Waals surface area contributed by atoms with Gasteiger partial charge in [0.2, 0.25) is 0 Å². The van der Waals surface area contributed by atoms with E-state index in [1.807, 2.05) is 36.5 Å². The summed E-state index contributed by atoms with van der Waals surface area (Å²) in [5, 5.41) is 4.26. The molecule has 0 spiro atoms. The van der Waals surface area contributed by atoms with Crippen LogP contribution in [0.2, 0.25) is 0 Å². The van der Waals surface area contributed by atoms with Gasteiger partial charge in [0.1, 0.15) is 17.9 Å². The highest BCUT2D eigenvalue weighted by molar-refractivity contribution is 5.95. The first-order chi connectivity index (χ1) is 20.4. The Kier molecular flexibility index (Phi) is 10.2. The number of nitrogens with zero attached hydrogens (tertiary/aromatic N) is 1. The van der Waals surface area contributed by atoms with Gasteiger partial charge in [-0.2, -0.15) is 0 Å². The fraction of sp³-hybridized carbons (Fsp3) is 0.156. The molecule has 0 fully saturated rings. The van der Waals surface area contributed by atoms with Gasteiger partial charge in [0.15, 0.2) is 0 Å². The first-order valence-corrected chi connectivity index (χ1v) is 13.3. The standard InChI is InChI=1S/C21H20F2N4O.C11H12N2O/c1-25-19(10-13-8-16(22)12-17(23)9-13)20-18(6-3-7-26-20)14-4-2-5-15(11-14)21(28)27-24;12-6-8-1-2-11-10(5-8)9(3-4-14)7-13-11/h2-9,11-12,19,25H,10,24H2,1H3,(H,27,28);1-2,4-5,7,13H,3,6,12H2. The van der Waals surface area contributed by atoms with E-state index in [0.29, 0.717) is 36.2 Å². The highest BCUT2D eigenvalue weighted by Crippen LogP contribution is 2.29. The number of amides is 1. The van der Waals surface area contributed by atoms with Crippen LogP contribution in [0.5, 0.6) is 0 Å². The summed E-state index contributed by atoms with van der Waals surface area (Å²) in [6.07, 6.45) is 5.25. The van der Waals surface area contributed by atoms with Crippen LogP contribution in [-0.4, -0.2) is 29.2 Å². The van der Waals surface area contributed by atoms with E-state index in [9.17, 15) is 18.4 Å². The van der Waals surface area contributed by atoms with Gasteiger partial charge in [-0.25, -0.2) is 14.6 Å². The van der Waals surface area contributed by atoms with E-state index in [1.165, 1.54) is 12.1 Å². The number of hydrogen-bond acceptors (Lipinski definition) is 6. The third-order valence-electron chi connectivity index (χ3n) is 6.82. The molecule has 5 aromatic rings. The van der Waals surface area contributed by atoms with Gasteiger partial charge in [-0.05, 0) is 78.2 Å². The molecule has 0 saturated heterocycles. The first kappa shape index (κ1) is 30.2. The summed E-state index contributed by atoms with van der Waals surface area (Å²) in [7, 11) is 1.76. The molecule has 2 heterocycles. The molecule has 216 valence electrons. The van der Waals surface area contributed by atoms with Crippen molar-refractivity contribution in [2.24, 2.45) is 11.6 Å². The molecule has 0 radical (unpaired) electrons. The zero-order valence-corrected chi connectivity index (χ0v) is 23.0. The largest absolute Gasteiger partial charge is 0.361 e. The van der Waals surface area contributed by atoms with Crippen LogP contribution >= 0.6 is 0 Å². The topological polar surface area (TPSA) is 139 Å². The molecule has 2 aromatic heterocycles. The Labute approximate surface area is 242 Å². The Balaban J connectivity index is 0.000000241. The number of fused-ring (bicyclic) bond motifs is 1. The van der Waals surface area contributed by atoms with Gasteiger partial charge in [0.25, 0.3) is 5.91 Å². The van der Waals surface area contributed by atoms with E-state index >= 15 is 0 Å². The lowest BCUT2D eigenvalue weighted by atomic mass is 9.94. The van der Waals surface area contributed by atoms with Crippen molar-refractivity contribution in [3.05, 3.63) is 125 Å². The number of nitrogens with one attached hydrogen (secondary N) is 3. The van der Waals surface area contributed by atoms with Crippen LogP contribution in [0.1, 0.15) is 38.8 Å². The number of carbonyl (C=O) groups is 2. The molecule has 5 rings (SSSR count). The van der Waals surface area contributed by atoms with Crippen LogP contribution in [-0.2, 0) is 24.2 Å². The van der Waals surface area contributed by atoms with Crippen molar-refractivity contribution in [1.29, 1.82) is 0 Å². The predicted molar refractivity (Wildman–Crippen MR) is 159 cm³/mol. The number of aromatic amines is 1. The minimum absolute atomic E-state index is 0.288. The number of nitrogens with two attached hydrogens (primary N) is 2. The van der Waals surface area contributed by atoms with Crippen LogP contribution < -0.4 is 22.3 Å². The molecule has 3 aromatic carbocycles. The number of halogens is 2. The van der Waals surface area contributed by atoms with Crippen molar-refractivity contribution in [3.63, 3.8) is 0 Å². The summed E-state index contributed by atoms with van der Waals surface area (Å²) in [6.45, 7) is 0.529. The summed E-state index contributed by atoms with van der Waals surface area (Å²) in [6, 6.07) is 19.9. The number of hydrazine groups is 1. The molecule has 0 aliphatic rings. The van der Waals surface area contributed by atoms with Crippen molar-refractivity contribution < 1.29 is 18.4 Å². The van der Waals surface area contributed by atoms with Crippen LogP contribution in [0.4, 0.5) is 8.78 Å². The summed E-state index contributed by atoms with van der Waals surface area (Å²) in [5.74, 6) is 3.59. The van der Waals surface area contributed by atoms with E-state index in [4.69, 9.17) is 11.6 Å². The monoisotopic (exact) mass is 570 g/mol. The fourth-order valence-corrected chi connectivity index (χ4v) is 4.76. The van der Waals surface area contributed by atoms with Gasteiger partial charge in [0, 0.05) is 53.5 Å². The van der Waals surface area contributed by atoms with Gasteiger partial charge in [0.05, 0.1) is 11.7 Å². The Morgan fingerprint density at radius 3 is 2.50 bits per heavy atom. The Bertz CT molecular complexity index is 1670. The summed E-state index contributed by atoms with van der Waals surface area (Å²) < 4.78 is 27.1.